The van der Waals surface area contributed by atoms with Crippen LogP contribution in [0.15, 0.2) is 24.3 Å². The molecule has 1 rings (SSSR count). The number of benzene rings is 1. The molecule has 0 atom stereocenters. The molecule has 0 spiro atoms. The summed E-state index contributed by atoms with van der Waals surface area (Å²) >= 11 is 0. The van der Waals surface area contributed by atoms with Crippen molar-refractivity contribution in [3.63, 3.8) is 0 Å². The monoisotopic (exact) mass is 275 g/mol. The molecule has 0 aliphatic heterocycles. The first-order valence-corrected chi connectivity index (χ1v) is 9.32. The molecular weight excluding hydrogens is 244 g/mol. The first-order chi connectivity index (χ1) is 8.36. The smallest absolute Gasteiger partial charge is 0.0623 e. The van der Waals surface area contributed by atoms with E-state index in [0.29, 0.717) is 15.1 Å². The molecule has 1 aromatic rings. The second-order valence-corrected chi connectivity index (χ2v) is 15.4. The first-order valence-electron chi connectivity index (χ1n) is 7.32. The van der Waals surface area contributed by atoms with Crippen LogP contribution in [0.1, 0.15) is 62.3 Å². The third kappa shape index (κ3) is 2.54. The fourth-order valence-electron chi connectivity index (χ4n) is 5.31. The summed E-state index contributed by atoms with van der Waals surface area (Å²) in [5, 5.41) is 2.50. The van der Waals surface area contributed by atoms with Crippen molar-refractivity contribution in [1.82, 2.24) is 0 Å². The summed E-state index contributed by atoms with van der Waals surface area (Å²) in [6, 6.07) is 12.0. The predicted molar refractivity (Wildman–Crippen MR) is 89.8 cm³/mol. The van der Waals surface area contributed by atoms with Crippen molar-refractivity contribution in [3.8, 4) is 0 Å². The van der Waals surface area contributed by atoms with E-state index in [9.17, 15) is 0 Å². The van der Waals surface area contributed by atoms with Gasteiger partial charge in [-0.3, -0.25) is 0 Å². The van der Waals surface area contributed by atoms with Crippen LogP contribution >= 0.6 is 0 Å². The van der Waals surface area contributed by atoms with Gasteiger partial charge in [-0.05, 0) is 21.2 Å². The Morgan fingerprint density at radius 3 is 1.26 bits per heavy atom. The molecule has 0 unspecified atom stereocenters. The lowest BCUT2D eigenvalue weighted by Crippen LogP contribution is -2.66. The van der Waals surface area contributed by atoms with Crippen LogP contribution in [-0.2, 0) is 0 Å². The summed E-state index contributed by atoms with van der Waals surface area (Å²) in [6.07, 6.45) is 0. The molecule has 0 bridgehead atoms. The standard InChI is InChI=1S/C18H31Si/c1-16(2,3)19(17(4,5)6,18(7,8)9)15-13-11-10-12-14-15/h11-14H,1-9H3. The number of hydrogen-bond acceptors (Lipinski definition) is 0. The highest BCUT2D eigenvalue weighted by Gasteiger charge is 2.60. The Morgan fingerprint density at radius 2 is 1.00 bits per heavy atom. The zero-order valence-corrected chi connectivity index (χ0v) is 15.3. The van der Waals surface area contributed by atoms with Crippen molar-refractivity contribution in [1.29, 1.82) is 0 Å². The Labute approximate surface area is 121 Å². The van der Waals surface area contributed by atoms with Gasteiger partial charge in [0.05, 0.1) is 0 Å². The molecule has 1 heteroatoms. The van der Waals surface area contributed by atoms with E-state index in [2.05, 4.69) is 92.6 Å². The molecule has 0 fully saturated rings. The van der Waals surface area contributed by atoms with Gasteiger partial charge in [-0.2, -0.15) is 0 Å². The quantitative estimate of drug-likeness (QED) is 0.590. The third-order valence-corrected chi connectivity index (χ3v) is 12.5. The van der Waals surface area contributed by atoms with E-state index in [0.717, 1.165) is 0 Å². The van der Waals surface area contributed by atoms with E-state index < -0.39 is 8.07 Å². The largest absolute Gasteiger partial charge is 0.103 e. The second kappa shape index (κ2) is 4.77. The van der Waals surface area contributed by atoms with Gasteiger partial charge in [0.1, 0.15) is 8.07 Å². The molecule has 1 aromatic carbocycles. The highest BCUT2D eigenvalue weighted by Crippen LogP contribution is 2.61. The van der Waals surface area contributed by atoms with E-state index in [4.69, 9.17) is 0 Å². The number of rotatable bonds is 1. The van der Waals surface area contributed by atoms with Gasteiger partial charge in [0, 0.05) is 0 Å². The summed E-state index contributed by atoms with van der Waals surface area (Å²) in [4.78, 5) is 0. The minimum Gasteiger partial charge on any atom is -0.0623 e. The van der Waals surface area contributed by atoms with Gasteiger partial charge in [0.2, 0.25) is 0 Å². The Balaban J connectivity index is 3.76. The minimum atomic E-state index is -1.80. The maximum Gasteiger partial charge on any atom is 0.103 e. The minimum absolute atomic E-state index is 0.310. The van der Waals surface area contributed by atoms with Gasteiger partial charge in [-0.25, -0.2) is 0 Å². The van der Waals surface area contributed by atoms with Crippen LogP contribution in [0.2, 0.25) is 15.1 Å². The fraction of sp³-hybridized carbons (Fsp3) is 0.667. The van der Waals surface area contributed by atoms with Crippen LogP contribution in [0.25, 0.3) is 0 Å². The average molecular weight is 276 g/mol. The Bertz CT molecular complexity index is 374. The molecule has 0 aromatic heterocycles. The van der Waals surface area contributed by atoms with Crippen LogP contribution in [0.4, 0.5) is 0 Å². The van der Waals surface area contributed by atoms with Crippen LogP contribution in [-0.4, -0.2) is 8.07 Å². The van der Waals surface area contributed by atoms with Crippen LogP contribution in [0, 0.1) is 6.07 Å². The lowest BCUT2D eigenvalue weighted by Gasteiger charge is -2.59. The highest BCUT2D eigenvalue weighted by atomic mass is 28.3. The SMILES string of the molecule is CC(C)(C)[Si](c1cc[c]cc1)(C(C)(C)C)C(C)(C)C. The molecule has 0 aliphatic rings. The van der Waals surface area contributed by atoms with Crippen molar-refractivity contribution in [2.75, 3.05) is 0 Å². The summed E-state index contributed by atoms with van der Waals surface area (Å²) in [7, 11) is -1.80. The van der Waals surface area contributed by atoms with E-state index >= 15 is 0 Å². The predicted octanol–water partition coefficient (Wildman–Crippen LogP) is 5.54. The molecule has 0 saturated carbocycles. The Morgan fingerprint density at radius 1 is 0.684 bits per heavy atom. The zero-order chi connectivity index (χ0) is 15.1. The molecule has 0 heterocycles. The molecule has 0 aliphatic carbocycles. The lowest BCUT2D eigenvalue weighted by atomic mass is 10.2. The number of hydrogen-bond donors (Lipinski definition) is 0. The molecular formula is C18H31Si. The fourth-order valence-corrected chi connectivity index (χ4v) is 15.3. The van der Waals surface area contributed by atoms with Crippen molar-refractivity contribution in [2.24, 2.45) is 0 Å². The van der Waals surface area contributed by atoms with Gasteiger partial charge < -0.3 is 0 Å². The van der Waals surface area contributed by atoms with E-state index in [1.54, 1.807) is 5.19 Å². The van der Waals surface area contributed by atoms with E-state index in [1.807, 2.05) is 0 Å². The molecule has 0 amide bonds. The third-order valence-electron chi connectivity index (χ3n) is 4.53. The van der Waals surface area contributed by atoms with Gasteiger partial charge in [0.15, 0.2) is 0 Å². The second-order valence-electron chi connectivity index (χ2n) is 8.79. The first kappa shape index (κ1) is 16.5. The Hall–Kier alpha value is -0.563. The highest BCUT2D eigenvalue weighted by molar-refractivity contribution is 6.98. The zero-order valence-electron chi connectivity index (χ0n) is 14.3. The summed E-state index contributed by atoms with van der Waals surface area (Å²) in [6.45, 7) is 21.9. The van der Waals surface area contributed by atoms with E-state index in [1.165, 1.54) is 0 Å². The summed E-state index contributed by atoms with van der Waals surface area (Å²) < 4.78 is 0. The average Bonchev–Trinajstić information content (AvgIpc) is 2.12. The van der Waals surface area contributed by atoms with Gasteiger partial charge in [-0.1, -0.05) is 91.8 Å². The maximum atomic E-state index is 3.18. The maximum absolute atomic E-state index is 3.18. The van der Waals surface area contributed by atoms with Crippen molar-refractivity contribution >= 4 is 13.3 Å². The summed E-state index contributed by atoms with van der Waals surface area (Å²) in [5.41, 5.74) is 0. The molecule has 0 saturated heterocycles. The van der Waals surface area contributed by atoms with Gasteiger partial charge in [-0.15, -0.1) is 0 Å². The van der Waals surface area contributed by atoms with E-state index in [-0.39, 0.29) is 0 Å². The van der Waals surface area contributed by atoms with Gasteiger partial charge in [0.25, 0.3) is 0 Å². The van der Waals surface area contributed by atoms with Crippen LogP contribution in [0.3, 0.4) is 0 Å². The molecule has 0 N–H and O–H groups in total. The van der Waals surface area contributed by atoms with Crippen molar-refractivity contribution in [3.05, 3.63) is 30.3 Å². The van der Waals surface area contributed by atoms with Crippen LogP contribution < -0.4 is 5.19 Å². The molecule has 19 heavy (non-hydrogen) atoms. The topological polar surface area (TPSA) is 0 Å². The van der Waals surface area contributed by atoms with Gasteiger partial charge >= 0.3 is 0 Å². The molecule has 107 valence electrons. The summed E-state index contributed by atoms with van der Waals surface area (Å²) in [5.74, 6) is 0. The molecule has 0 nitrogen and oxygen atoms in total. The van der Waals surface area contributed by atoms with Crippen LogP contribution in [0.5, 0.6) is 0 Å². The normalized spacial score (nSPS) is 14.6. The van der Waals surface area contributed by atoms with Crippen molar-refractivity contribution < 1.29 is 0 Å². The van der Waals surface area contributed by atoms with Crippen molar-refractivity contribution in [2.45, 2.75) is 77.4 Å². The Kier molecular flexibility index (Phi) is 4.14. The molecule has 1 radical (unpaired) electrons. The lowest BCUT2D eigenvalue weighted by molar-refractivity contribution is 0.547.